The van der Waals surface area contributed by atoms with Gasteiger partial charge in [-0.15, -0.1) is 0 Å². The van der Waals surface area contributed by atoms with Crippen molar-refractivity contribution in [2.24, 2.45) is 11.5 Å². The molecule has 0 saturated heterocycles. The Bertz CT molecular complexity index is 359. The predicted molar refractivity (Wildman–Crippen MR) is 63.1 cm³/mol. The van der Waals surface area contributed by atoms with E-state index in [0.29, 0.717) is 6.54 Å². The summed E-state index contributed by atoms with van der Waals surface area (Å²) in [5.74, 6) is 0.813. The van der Waals surface area contributed by atoms with Crippen molar-refractivity contribution >= 4 is 0 Å². The summed E-state index contributed by atoms with van der Waals surface area (Å²) >= 11 is 0. The molecule has 1 aromatic carbocycles. The van der Waals surface area contributed by atoms with Gasteiger partial charge in [-0.1, -0.05) is 6.07 Å². The van der Waals surface area contributed by atoms with E-state index in [2.05, 4.69) is 19.9 Å². The second-order valence-electron chi connectivity index (χ2n) is 4.26. The number of hydrogen-bond acceptors (Lipinski definition) is 3. The molecule has 0 heterocycles. The van der Waals surface area contributed by atoms with Gasteiger partial charge in [-0.05, 0) is 38.0 Å². The lowest BCUT2D eigenvalue weighted by Gasteiger charge is -2.26. The largest absolute Gasteiger partial charge is 0.496 e. The first kappa shape index (κ1) is 12.0. The number of rotatable bonds is 3. The first-order valence-corrected chi connectivity index (χ1v) is 5.07. The van der Waals surface area contributed by atoms with Gasteiger partial charge in [-0.3, -0.25) is 0 Å². The number of methoxy groups -OCH3 is 1. The van der Waals surface area contributed by atoms with E-state index in [1.54, 1.807) is 7.11 Å². The summed E-state index contributed by atoms with van der Waals surface area (Å²) in [6.45, 7) is 6.42. The molecule has 0 amide bonds. The monoisotopic (exact) mass is 208 g/mol. The lowest BCUT2D eigenvalue weighted by molar-refractivity contribution is 0.389. The summed E-state index contributed by atoms with van der Waals surface area (Å²) in [7, 11) is 1.65. The van der Waals surface area contributed by atoms with E-state index in [1.807, 2.05) is 13.0 Å². The van der Waals surface area contributed by atoms with Crippen LogP contribution in [0.15, 0.2) is 12.1 Å². The summed E-state index contributed by atoms with van der Waals surface area (Å²) < 4.78 is 5.33. The van der Waals surface area contributed by atoms with Crippen LogP contribution < -0.4 is 16.2 Å². The molecule has 4 N–H and O–H groups in total. The van der Waals surface area contributed by atoms with E-state index in [1.165, 1.54) is 11.1 Å². The van der Waals surface area contributed by atoms with Crippen LogP contribution in [-0.4, -0.2) is 13.7 Å². The van der Waals surface area contributed by atoms with Gasteiger partial charge < -0.3 is 16.2 Å². The highest BCUT2D eigenvalue weighted by Gasteiger charge is 2.23. The van der Waals surface area contributed by atoms with Crippen LogP contribution in [-0.2, 0) is 5.54 Å². The maximum atomic E-state index is 6.13. The van der Waals surface area contributed by atoms with Crippen molar-refractivity contribution < 1.29 is 4.74 Å². The molecule has 3 nitrogen and oxygen atoms in total. The average molecular weight is 208 g/mol. The fourth-order valence-corrected chi connectivity index (χ4v) is 1.51. The minimum atomic E-state index is -0.538. The zero-order valence-electron chi connectivity index (χ0n) is 9.92. The Hall–Kier alpha value is -1.06. The third-order valence-corrected chi connectivity index (χ3v) is 2.86. The van der Waals surface area contributed by atoms with Crippen LogP contribution in [0.4, 0.5) is 0 Å². The lowest BCUT2D eigenvalue weighted by atomic mass is 9.90. The van der Waals surface area contributed by atoms with Crippen molar-refractivity contribution in [1.29, 1.82) is 0 Å². The summed E-state index contributed by atoms with van der Waals surface area (Å²) in [6, 6.07) is 4.06. The Balaban J connectivity index is 3.34. The van der Waals surface area contributed by atoms with Crippen molar-refractivity contribution in [1.82, 2.24) is 0 Å². The molecule has 0 fully saturated rings. The molecule has 15 heavy (non-hydrogen) atoms. The van der Waals surface area contributed by atoms with Gasteiger partial charge in [0.25, 0.3) is 0 Å². The van der Waals surface area contributed by atoms with Crippen LogP contribution in [0.1, 0.15) is 23.6 Å². The minimum Gasteiger partial charge on any atom is -0.496 e. The van der Waals surface area contributed by atoms with Gasteiger partial charge >= 0.3 is 0 Å². The van der Waals surface area contributed by atoms with Gasteiger partial charge in [0.05, 0.1) is 12.6 Å². The first-order chi connectivity index (χ1) is 6.92. The highest BCUT2D eigenvalue weighted by atomic mass is 16.5. The van der Waals surface area contributed by atoms with Crippen LogP contribution in [0.25, 0.3) is 0 Å². The van der Waals surface area contributed by atoms with E-state index in [0.717, 1.165) is 11.3 Å². The lowest BCUT2D eigenvalue weighted by Crippen LogP contribution is -2.41. The predicted octanol–water partition coefficient (Wildman–Crippen LogP) is 1.44. The average Bonchev–Trinajstić information content (AvgIpc) is 2.21. The Labute approximate surface area is 91.4 Å². The van der Waals surface area contributed by atoms with Crippen LogP contribution >= 0.6 is 0 Å². The van der Waals surface area contributed by atoms with Gasteiger partial charge in [0.15, 0.2) is 0 Å². The molecule has 0 aliphatic carbocycles. The van der Waals surface area contributed by atoms with Crippen molar-refractivity contribution in [2.75, 3.05) is 13.7 Å². The standard InChI is InChI=1S/C12H20N2O/c1-8-5-10(12(3,14)7-13)11(15-4)6-9(8)2/h5-6H,7,13-14H2,1-4H3. The maximum absolute atomic E-state index is 6.13. The molecule has 0 saturated carbocycles. The molecule has 0 aromatic heterocycles. The second-order valence-corrected chi connectivity index (χ2v) is 4.26. The summed E-state index contributed by atoms with van der Waals surface area (Å²) in [4.78, 5) is 0. The molecule has 0 bridgehead atoms. The Kier molecular flexibility index (Phi) is 3.37. The van der Waals surface area contributed by atoms with Gasteiger partial charge in [0, 0.05) is 12.1 Å². The molecule has 1 aromatic rings. The number of benzene rings is 1. The van der Waals surface area contributed by atoms with Crippen molar-refractivity contribution in [3.8, 4) is 5.75 Å². The molecule has 1 atom stereocenters. The number of hydrogen-bond donors (Lipinski definition) is 2. The third-order valence-electron chi connectivity index (χ3n) is 2.86. The van der Waals surface area contributed by atoms with Gasteiger partial charge in [0.2, 0.25) is 0 Å². The maximum Gasteiger partial charge on any atom is 0.124 e. The summed E-state index contributed by atoms with van der Waals surface area (Å²) in [6.07, 6.45) is 0. The van der Waals surface area contributed by atoms with E-state index in [9.17, 15) is 0 Å². The van der Waals surface area contributed by atoms with Crippen molar-refractivity contribution in [3.05, 3.63) is 28.8 Å². The molecular formula is C12H20N2O. The Morgan fingerprint density at radius 2 is 1.80 bits per heavy atom. The molecular weight excluding hydrogens is 188 g/mol. The van der Waals surface area contributed by atoms with Crippen molar-refractivity contribution in [2.45, 2.75) is 26.3 Å². The van der Waals surface area contributed by atoms with Gasteiger partial charge in [-0.2, -0.15) is 0 Å². The molecule has 0 aliphatic rings. The summed E-state index contributed by atoms with van der Waals surface area (Å²) in [5.41, 5.74) is 14.6. The van der Waals surface area contributed by atoms with Gasteiger partial charge in [0.1, 0.15) is 5.75 Å². The highest BCUT2D eigenvalue weighted by Crippen LogP contribution is 2.30. The van der Waals surface area contributed by atoms with E-state index in [4.69, 9.17) is 16.2 Å². The highest BCUT2D eigenvalue weighted by molar-refractivity contribution is 5.45. The number of ether oxygens (including phenoxy) is 1. The molecule has 0 aliphatic heterocycles. The van der Waals surface area contributed by atoms with Gasteiger partial charge in [-0.25, -0.2) is 0 Å². The fraction of sp³-hybridized carbons (Fsp3) is 0.500. The second kappa shape index (κ2) is 4.21. The normalized spacial score (nSPS) is 14.8. The minimum absolute atomic E-state index is 0.395. The topological polar surface area (TPSA) is 61.3 Å². The molecule has 1 unspecified atom stereocenters. The van der Waals surface area contributed by atoms with E-state index < -0.39 is 5.54 Å². The fourth-order valence-electron chi connectivity index (χ4n) is 1.51. The molecule has 1 rings (SSSR count). The van der Waals surface area contributed by atoms with Crippen LogP contribution in [0, 0.1) is 13.8 Å². The van der Waals surface area contributed by atoms with Crippen LogP contribution in [0.5, 0.6) is 5.75 Å². The smallest absolute Gasteiger partial charge is 0.124 e. The molecule has 3 heteroatoms. The van der Waals surface area contributed by atoms with Crippen molar-refractivity contribution in [3.63, 3.8) is 0 Å². The van der Waals surface area contributed by atoms with Crippen LogP contribution in [0.2, 0.25) is 0 Å². The SMILES string of the molecule is COc1cc(C)c(C)cc1C(C)(N)CN. The van der Waals surface area contributed by atoms with Crippen LogP contribution in [0.3, 0.4) is 0 Å². The first-order valence-electron chi connectivity index (χ1n) is 5.07. The molecule has 0 radical (unpaired) electrons. The Morgan fingerprint density at radius 3 is 2.27 bits per heavy atom. The number of nitrogens with two attached hydrogens (primary N) is 2. The zero-order valence-corrected chi connectivity index (χ0v) is 9.92. The van der Waals surface area contributed by atoms with E-state index >= 15 is 0 Å². The quantitative estimate of drug-likeness (QED) is 0.790. The molecule has 84 valence electrons. The summed E-state index contributed by atoms with van der Waals surface area (Å²) in [5, 5.41) is 0. The third kappa shape index (κ3) is 2.30. The van der Waals surface area contributed by atoms with E-state index in [-0.39, 0.29) is 0 Å². The Morgan fingerprint density at radius 1 is 1.27 bits per heavy atom. The zero-order chi connectivity index (χ0) is 11.6. The molecule has 0 spiro atoms. The number of aryl methyl sites for hydroxylation is 2.